The Morgan fingerprint density at radius 2 is 0.778 bits per heavy atom. The molecule has 1 aliphatic rings. The molecule has 0 radical (unpaired) electrons. The van der Waals surface area contributed by atoms with Gasteiger partial charge in [0.15, 0.2) is 0 Å². The van der Waals surface area contributed by atoms with Crippen molar-refractivity contribution in [3.8, 4) is 0 Å². The van der Waals surface area contributed by atoms with Crippen LogP contribution in [0.1, 0.15) is 0 Å². The molecule has 18 nitrogen and oxygen atoms in total. The number of phosphoric acid groups is 3. The van der Waals surface area contributed by atoms with Crippen molar-refractivity contribution in [1.29, 1.82) is 0 Å². The molecule has 1 rings (SSSR count). The summed E-state index contributed by atoms with van der Waals surface area (Å²) in [6, 6.07) is 0. The average molecular weight is 471 g/mol. The molecule has 1 saturated carbocycles. The highest BCUT2D eigenvalue weighted by atomic mass is 31.2. The maximum Gasteiger partial charge on any atom is 0.265 e. The Kier molecular flexibility index (Phi) is 12.6. The summed E-state index contributed by atoms with van der Waals surface area (Å²) in [5, 5.41) is 29.1. The van der Waals surface area contributed by atoms with Crippen LogP contribution in [0.2, 0.25) is 0 Å². The molecule has 9 atom stereocenters. The van der Waals surface area contributed by atoms with Gasteiger partial charge in [0.2, 0.25) is 0 Å². The second-order valence-electron chi connectivity index (χ2n) is 4.59. The lowest BCUT2D eigenvalue weighted by atomic mass is 9.85. The number of quaternary nitrogens is 3. The van der Waals surface area contributed by atoms with Crippen LogP contribution in [0.5, 0.6) is 0 Å². The maximum atomic E-state index is 10.8. The predicted molar refractivity (Wildman–Crippen MR) is 80.1 cm³/mol. The maximum absolute atomic E-state index is 10.8. The smallest absolute Gasteiger partial charge is 0.265 e. The van der Waals surface area contributed by atoms with Gasteiger partial charge in [-0.05, 0) is 0 Å². The lowest BCUT2D eigenvalue weighted by Crippen LogP contribution is -2.65. The van der Waals surface area contributed by atoms with Gasteiger partial charge in [-0.2, -0.15) is 0 Å². The van der Waals surface area contributed by atoms with Crippen LogP contribution in [0.4, 0.5) is 0 Å². The van der Waals surface area contributed by atoms with Crippen molar-refractivity contribution >= 4 is 23.5 Å². The fourth-order valence-electron chi connectivity index (χ4n) is 2.00. The molecule has 0 aromatic carbocycles. The molecule has 21 heteroatoms. The first-order valence-electron chi connectivity index (χ1n) is 5.72. The summed E-state index contributed by atoms with van der Waals surface area (Å²) in [6.45, 7) is 0. The summed E-state index contributed by atoms with van der Waals surface area (Å²) in [4.78, 5) is 58.0. The highest BCUT2D eigenvalue weighted by molar-refractivity contribution is 7.45. The summed E-state index contributed by atoms with van der Waals surface area (Å²) >= 11 is 0. The van der Waals surface area contributed by atoms with E-state index < -0.39 is 60.1 Å². The zero-order chi connectivity index (χ0) is 19.1. The molecule has 3 unspecified atom stereocenters. The van der Waals surface area contributed by atoms with Crippen molar-refractivity contribution in [2.45, 2.75) is 36.6 Å². The topological polar surface area (TPSA) is 379 Å². The predicted octanol–water partition coefficient (Wildman–Crippen LogP) is -4.25. The van der Waals surface area contributed by atoms with Crippen molar-refractivity contribution in [2.75, 3.05) is 0 Å². The van der Waals surface area contributed by atoms with E-state index in [0.717, 1.165) is 0 Å². The van der Waals surface area contributed by atoms with Gasteiger partial charge in [-0.25, -0.2) is 0 Å². The van der Waals surface area contributed by atoms with E-state index in [4.69, 9.17) is 14.7 Å². The monoisotopic (exact) mass is 471 g/mol. The molecule has 0 saturated heterocycles. The van der Waals surface area contributed by atoms with Gasteiger partial charge in [-0.1, -0.05) is 0 Å². The molecule has 18 N–H and O–H groups in total. The van der Waals surface area contributed by atoms with Crippen LogP contribution in [0, 0.1) is 0 Å². The molecule has 0 amide bonds. The number of phosphoric ester groups is 3. The number of hydrogen-bond acceptors (Lipinski definition) is 12. The van der Waals surface area contributed by atoms with E-state index in [-0.39, 0.29) is 18.5 Å². The fraction of sp³-hybridized carbons (Fsp3) is 1.00. The first kappa shape index (κ1) is 31.8. The van der Waals surface area contributed by atoms with E-state index in [0.29, 0.717) is 0 Å². The van der Waals surface area contributed by atoms with Gasteiger partial charge < -0.3 is 76.7 Å². The Morgan fingerprint density at radius 3 is 1.07 bits per heavy atom. The van der Waals surface area contributed by atoms with E-state index >= 15 is 0 Å². The molecule has 0 aliphatic heterocycles. The molecular formula is C6H24N3O15P3. The Labute approximate surface area is 151 Å². The van der Waals surface area contributed by atoms with Crippen molar-refractivity contribution in [1.82, 2.24) is 18.5 Å². The number of aliphatic hydroxyl groups is 3. The first-order valence-corrected chi connectivity index (χ1v) is 10.2. The van der Waals surface area contributed by atoms with Crippen molar-refractivity contribution in [3.05, 3.63) is 0 Å². The summed E-state index contributed by atoms with van der Waals surface area (Å²) < 4.78 is 43.9. The molecule has 0 bridgehead atoms. The molecule has 1 fully saturated rings. The molecule has 27 heavy (non-hydrogen) atoms. The standard InChI is InChI=1S/C6H15O15P3.3H3N/c7-1-2(8)5(20-23(13,14)15)6(21-24(16,17)18)3(9)4(1)19-22(10,11)12;;;/h1-9H,(H2,10,11,12)(H2,13,14,15)(H2,16,17,18);3*1H3/t1-,2-,3-,4+,5-,6+;;;/m0.../s1. The minimum absolute atomic E-state index is 0. The van der Waals surface area contributed by atoms with Crippen LogP contribution in [0.15, 0.2) is 0 Å². The van der Waals surface area contributed by atoms with E-state index in [1.165, 1.54) is 0 Å². The Hall–Kier alpha value is 0.0900. The van der Waals surface area contributed by atoms with Crippen molar-refractivity contribution in [2.24, 2.45) is 0 Å². The zero-order valence-corrected chi connectivity index (χ0v) is 16.8. The number of hydrogen-bond donors (Lipinski definition) is 9. The largest absolute Gasteiger partial charge is 0.756 e. The van der Waals surface area contributed by atoms with Gasteiger partial charge in [-0.3, -0.25) is 13.7 Å². The van der Waals surface area contributed by atoms with Gasteiger partial charge >= 0.3 is 0 Å². The molecule has 168 valence electrons. The summed E-state index contributed by atoms with van der Waals surface area (Å²) in [6.07, 6.45) is -15.0. The number of aliphatic hydroxyl groups excluding tert-OH is 3. The van der Waals surface area contributed by atoms with Crippen molar-refractivity contribution < 1.29 is 71.9 Å². The lowest BCUT2D eigenvalue weighted by molar-refractivity contribution is -0.278. The molecule has 0 heterocycles. The molecular weight excluding hydrogens is 447 g/mol. The van der Waals surface area contributed by atoms with E-state index in [2.05, 4.69) is 13.6 Å². The number of rotatable bonds is 6. The molecule has 0 spiro atoms. The third-order valence-electron chi connectivity index (χ3n) is 2.78. The molecule has 1 aliphatic carbocycles. The van der Waals surface area contributed by atoms with Gasteiger partial charge in [0.25, 0.3) is 23.5 Å². The highest BCUT2D eigenvalue weighted by Crippen LogP contribution is 2.45. The zero-order valence-electron chi connectivity index (χ0n) is 14.2. The minimum atomic E-state index is -5.72. The van der Waals surface area contributed by atoms with Crippen LogP contribution in [-0.2, 0) is 27.3 Å². The third-order valence-corrected chi connectivity index (χ3v) is 4.31. The summed E-state index contributed by atoms with van der Waals surface area (Å²) in [5.41, 5.74) is 0. The average Bonchev–Trinajstić information content (AvgIpc) is 2.32. The quantitative estimate of drug-likeness (QED) is 0.165. The third kappa shape index (κ3) is 9.91. The summed E-state index contributed by atoms with van der Waals surface area (Å²) in [5.74, 6) is 0. The Balaban J connectivity index is -0.00000192. The Morgan fingerprint density at radius 1 is 0.556 bits per heavy atom. The van der Waals surface area contributed by atoms with Crippen LogP contribution in [0.25, 0.3) is 0 Å². The van der Waals surface area contributed by atoms with Gasteiger partial charge in [0.1, 0.15) is 36.6 Å². The van der Waals surface area contributed by atoms with E-state index in [1.54, 1.807) is 0 Å². The van der Waals surface area contributed by atoms with Crippen LogP contribution >= 0.6 is 23.5 Å². The van der Waals surface area contributed by atoms with Crippen LogP contribution in [-0.4, -0.2) is 66.6 Å². The fourth-order valence-corrected chi connectivity index (χ4v) is 3.66. The second kappa shape index (κ2) is 10.7. The molecule has 0 aromatic rings. The van der Waals surface area contributed by atoms with E-state index in [9.17, 15) is 43.7 Å². The van der Waals surface area contributed by atoms with Crippen molar-refractivity contribution in [3.63, 3.8) is 0 Å². The second-order valence-corrected chi connectivity index (χ2v) is 8.03. The molecule has 0 aromatic heterocycles. The SMILES string of the molecule is O=P([O-])(O)O[C@@H]1[C@@H](O)[C@H](O)[C@H](OP(=O)([O-])O)[C@H](OP(=O)([O-])O)[C@H]1O.[NH4+].[NH4+].[NH4+]. The Bertz CT molecular complexity index is 587. The summed E-state index contributed by atoms with van der Waals surface area (Å²) in [7, 11) is -17.0. The van der Waals surface area contributed by atoms with Crippen LogP contribution in [0.3, 0.4) is 0 Å². The van der Waals surface area contributed by atoms with Gasteiger partial charge in [0.05, 0.1) is 0 Å². The normalized spacial score (nSPS) is 37.2. The van der Waals surface area contributed by atoms with Gasteiger partial charge in [0, 0.05) is 0 Å². The van der Waals surface area contributed by atoms with Crippen LogP contribution < -0.4 is 33.1 Å². The highest BCUT2D eigenvalue weighted by Gasteiger charge is 2.54. The van der Waals surface area contributed by atoms with Gasteiger partial charge in [-0.15, -0.1) is 0 Å². The minimum Gasteiger partial charge on any atom is -0.756 e. The lowest BCUT2D eigenvalue weighted by Gasteiger charge is -2.47. The first-order chi connectivity index (χ1) is 10.5. The van der Waals surface area contributed by atoms with E-state index in [1.807, 2.05) is 0 Å².